The van der Waals surface area contributed by atoms with Crippen molar-refractivity contribution in [2.24, 2.45) is 18.0 Å². The fraction of sp³-hybridized carbons (Fsp3) is 0.773. The number of ether oxygens (including phenoxy) is 1. The Hall–Kier alpha value is -1.52. The number of hydrogen-bond donors (Lipinski definition) is 1. The maximum Gasteiger partial charge on any atom is 0.410 e. The van der Waals surface area contributed by atoms with Gasteiger partial charge in [-0.25, -0.2) is 9.79 Å². The first-order valence-corrected chi connectivity index (χ1v) is 11.3. The highest BCUT2D eigenvalue weighted by atomic mass is 127. The lowest BCUT2D eigenvalue weighted by Crippen LogP contribution is -2.52. The summed E-state index contributed by atoms with van der Waals surface area (Å²) in [4.78, 5) is 22.0. The highest BCUT2D eigenvalue weighted by Gasteiger charge is 2.35. The average Bonchev–Trinajstić information content (AvgIpc) is 3.42. The maximum absolute atomic E-state index is 12.9. The molecule has 9 heteroatoms. The molecule has 8 nitrogen and oxygen atoms in total. The number of aliphatic imine (C=N–C) groups is 1. The molecule has 0 atom stereocenters. The topological polar surface area (TPSA) is 75.0 Å². The van der Waals surface area contributed by atoms with Crippen LogP contribution in [0.4, 0.5) is 4.79 Å². The summed E-state index contributed by atoms with van der Waals surface area (Å²) in [6.07, 6.45) is 5.95. The molecule has 1 N–H and O–H groups in total. The van der Waals surface area contributed by atoms with Gasteiger partial charge in [-0.15, -0.1) is 24.0 Å². The first-order chi connectivity index (χ1) is 14.3. The molecule has 1 saturated carbocycles. The predicted molar refractivity (Wildman–Crippen MR) is 134 cm³/mol. The number of nitrogens with one attached hydrogen (secondary N) is 1. The van der Waals surface area contributed by atoms with Crippen LogP contribution < -0.4 is 5.32 Å². The minimum atomic E-state index is -0.462. The Balaban J connectivity index is 0.00000341. The van der Waals surface area contributed by atoms with Gasteiger partial charge in [-0.05, 0) is 65.4 Å². The van der Waals surface area contributed by atoms with Crippen molar-refractivity contribution >= 4 is 36.0 Å². The van der Waals surface area contributed by atoms with Crippen molar-refractivity contribution in [3.63, 3.8) is 0 Å². The monoisotopic (exact) mass is 546 g/mol. The summed E-state index contributed by atoms with van der Waals surface area (Å²) in [5, 5.41) is 7.63. The summed E-state index contributed by atoms with van der Waals surface area (Å²) in [5.74, 6) is 1.58. The molecule has 1 amide bonds. The molecule has 0 aromatic carbocycles. The van der Waals surface area contributed by atoms with Crippen molar-refractivity contribution in [2.75, 3.05) is 26.2 Å². The normalized spacial score (nSPS) is 17.8. The van der Waals surface area contributed by atoms with Crippen LogP contribution in [0.5, 0.6) is 0 Å². The number of hydrogen-bond acceptors (Lipinski definition) is 4. The number of carbonyl (C=O) groups excluding carboxylic acids is 1. The quantitative estimate of drug-likeness (QED) is 0.335. The molecule has 1 saturated heterocycles. The molecule has 2 fully saturated rings. The lowest BCUT2D eigenvalue weighted by molar-refractivity contribution is 0.00928. The number of halogens is 1. The summed E-state index contributed by atoms with van der Waals surface area (Å²) in [6, 6.07) is 2.23. The number of carbonyl (C=O) groups is 1. The van der Waals surface area contributed by atoms with Crippen LogP contribution in [0.25, 0.3) is 0 Å². The molecular weight excluding hydrogens is 507 g/mol. The Morgan fingerprint density at radius 2 is 1.97 bits per heavy atom. The number of piperidine rings is 1. The largest absolute Gasteiger partial charge is 0.444 e. The molecule has 0 spiro atoms. The number of likely N-dealkylation sites (tertiary alicyclic amines) is 1. The van der Waals surface area contributed by atoms with Crippen molar-refractivity contribution in [1.29, 1.82) is 0 Å². The Labute approximate surface area is 203 Å². The standard InChI is InChI=1S/C22H38N6O2.HI/c1-6-23-20(24-15-19-9-12-25-26(19)5)27-13-10-18(11-14-27)28(16-17-7-8-17)21(29)30-22(2,3)4;/h9,12,17-18H,6-8,10-11,13-16H2,1-5H3,(H,23,24);1H. The van der Waals surface area contributed by atoms with Gasteiger partial charge in [0.1, 0.15) is 5.60 Å². The van der Waals surface area contributed by atoms with Crippen molar-refractivity contribution in [1.82, 2.24) is 24.9 Å². The third kappa shape index (κ3) is 7.84. The fourth-order valence-electron chi connectivity index (χ4n) is 3.80. The molecule has 31 heavy (non-hydrogen) atoms. The number of aryl methyl sites for hydroxylation is 1. The summed E-state index contributed by atoms with van der Waals surface area (Å²) in [6.45, 7) is 11.9. The zero-order chi connectivity index (χ0) is 21.7. The van der Waals surface area contributed by atoms with E-state index in [-0.39, 0.29) is 36.1 Å². The van der Waals surface area contributed by atoms with Gasteiger partial charge in [0.25, 0.3) is 0 Å². The van der Waals surface area contributed by atoms with Crippen molar-refractivity contribution in [3.05, 3.63) is 18.0 Å². The van der Waals surface area contributed by atoms with Crippen LogP contribution in [0, 0.1) is 5.92 Å². The van der Waals surface area contributed by atoms with Gasteiger partial charge in [0.15, 0.2) is 5.96 Å². The lowest BCUT2D eigenvalue weighted by Gasteiger charge is -2.40. The van der Waals surface area contributed by atoms with Gasteiger partial charge in [0, 0.05) is 45.5 Å². The molecule has 1 aliphatic heterocycles. The highest BCUT2D eigenvalue weighted by molar-refractivity contribution is 14.0. The number of aromatic nitrogens is 2. The molecule has 1 aliphatic carbocycles. The van der Waals surface area contributed by atoms with Crippen molar-refractivity contribution in [2.45, 2.75) is 71.6 Å². The Kier molecular flexibility index (Phi) is 9.45. The second-order valence-corrected chi connectivity index (χ2v) is 9.41. The predicted octanol–water partition coefficient (Wildman–Crippen LogP) is 3.62. The number of rotatable bonds is 6. The molecule has 176 valence electrons. The summed E-state index contributed by atoms with van der Waals surface area (Å²) in [5.41, 5.74) is 0.622. The van der Waals surface area contributed by atoms with Crippen molar-refractivity contribution < 1.29 is 9.53 Å². The first kappa shape index (κ1) is 25.7. The van der Waals surface area contributed by atoms with E-state index in [4.69, 9.17) is 9.73 Å². The van der Waals surface area contributed by atoms with E-state index >= 15 is 0 Å². The lowest BCUT2D eigenvalue weighted by atomic mass is 10.0. The van der Waals surface area contributed by atoms with Crippen LogP contribution in [0.3, 0.4) is 0 Å². The van der Waals surface area contributed by atoms with Crippen LogP contribution in [0.2, 0.25) is 0 Å². The molecule has 2 aliphatic rings. The molecule has 2 heterocycles. The molecule has 1 aromatic rings. The Morgan fingerprint density at radius 1 is 1.29 bits per heavy atom. The third-order valence-electron chi connectivity index (χ3n) is 5.63. The molecule has 0 bridgehead atoms. The molecule has 0 radical (unpaired) electrons. The summed E-state index contributed by atoms with van der Waals surface area (Å²) < 4.78 is 7.57. The third-order valence-corrected chi connectivity index (χ3v) is 5.63. The SMILES string of the molecule is CCNC(=NCc1ccnn1C)N1CCC(N(CC2CC2)C(=O)OC(C)(C)C)CC1.I. The van der Waals surface area contributed by atoms with Crippen LogP contribution in [0.15, 0.2) is 17.3 Å². The van der Waals surface area contributed by atoms with E-state index in [2.05, 4.69) is 22.2 Å². The van der Waals surface area contributed by atoms with Gasteiger partial charge in [-0.3, -0.25) is 4.68 Å². The molecular formula is C22H39IN6O2. The molecule has 1 aromatic heterocycles. The number of guanidine groups is 1. The average molecular weight is 546 g/mol. The second kappa shape index (κ2) is 11.4. The van der Waals surface area contributed by atoms with E-state index in [0.717, 1.165) is 50.7 Å². The Bertz CT molecular complexity index is 733. The number of nitrogens with zero attached hydrogens (tertiary/aromatic N) is 5. The van der Waals surface area contributed by atoms with Gasteiger partial charge >= 0.3 is 6.09 Å². The zero-order valence-electron chi connectivity index (χ0n) is 19.6. The van der Waals surface area contributed by atoms with Crippen LogP contribution in [0.1, 0.15) is 59.1 Å². The smallest absolute Gasteiger partial charge is 0.410 e. The van der Waals surface area contributed by atoms with E-state index in [9.17, 15) is 4.79 Å². The van der Waals surface area contributed by atoms with Crippen LogP contribution in [-0.4, -0.2) is 69.5 Å². The zero-order valence-corrected chi connectivity index (χ0v) is 22.0. The van der Waals surface area contributed by atoms with E-state index in [1.165, 1.54) is 12.8 Å². The fourth-order valence-corrected chi connectivity index (χ4v) is 3.80. The minimum absolute atomic E-state index is 0. The van der Waals surface area contributed by atoms with Crippen LogP contribution in [-0.2, 0) is 18.3 Å². The number of amides is 1. The minimum Gasteiger partial charge on any atom is -0.444 e. The van der Waals surface area contributed by atoms with Gasteiger partial charge in [0.2, 0.25) is 0 Å². The van der Waals surface area contributed by atoms with Crippen LogP contribution >= 0.6 is 24.0 Å². The van der Waals surface area contributed by atoms with Gasteiger partial charge in [0.05, 0.1) is 12.2 Å². The van der Waals surface area contributed by atoms with Gasteiger partial charge < -0.3 is 19.9 Å². The molecule has 0 unspecified atom stereocenters. The molecule has 3 rings (SSSR count). The van der Waals surface area contributed by atoms with E-state index in [1.807, 2.05) is 43.5 Å². The highest BCUT2D eigenvalue weighted by Crippen LogP contribution is 2.32. The van der Waals surface area contributed by atoms with E-state index < -0.39 is 5.60 Å². The van der Waals surface area contributed by atoms with Gasteiger partial charge in [-0.1, -0.05) is 0 Å². The van der Waals surface area contributed by atoms with Gasteiger partial charge in [-0.2, -0.15) is 5.10 Å². The summed E-state index contributed by atoms with van der Waals surface area (Å²) in [7, 11) is 1.94. The maximum atomic E-state index is 12.9. The Morgan fingerprint density at radius 3 is 2.48 bits per heavy atom. The van der Waals surface area contributed by atoms with Crippen molar-refractivity contribution in [3.8, 4) is 0 Å². The summed E-state index contributed by atoms with van der Waals surface area (Å²) >= 11 is 0. The van der Waals surface area contributed by atoms with E-state index in [0.29, 0.717) is 12.5 Å². The second-order valence-electron chi connectivity index (χ2n) is 9.41. The first-order valence-electron chi connectivity index (χ1n) is 11.3. The van der Waals surface area contributed by atoms with E-state index in [1.54, 1.807) is 6.20 Å².